The number of likely N-dealkylation sites (tertiary alicyclic amines) is 1. The molecule has 1 aliphatic heterocycles. The minimum Gasteiger partial charge on any atom is -0.481 e. The van der Waals surface area contributed by atoms with E-state index in [0.29, 0.717) is 16.1 Å². The molecule has 2 atom stereocenters. The highest BCUT2D eigenvalue weighted by molar-refractivity contribution is 6.30. The average molecular weight is 651 g/mol. The summed E-state index contributed by atoms with van der Waals surface area (Å²) in [4.78, 5) is 46.1. The number of aromatic nitrogens is 1. The Morgan fingerprint density at radius 1 is 1.02 bits per heavy atom. The van der Waals surface area contributed by atoms with E-state index in [1.807, 2.05) is 45.9 Å². The van der Waals surface area contributed by atoms with Crippen molar-refractivity contribution in [1.29, 1.82) is 0 Å². The number of halogens is 2. The predicted octanol–water partition coefficient (Wildman–Crippen LogP) is 6.75. The SMILES string of the molecule is Cc1cc(-c2c(C)cc(Cl)cc2C)cc([C@H](CC(=O)O)NC(=O)[C@H](CC(C)C)NC(=O)c2cccc(C3CCN(C)CC3)n2)c1F. The van der Waals surface area contributed by atoms with E-state index < -0.39 is 42.1 Å². The second-order valence-electron chi connectivity index (χ2n) is 13.0. The van der Waals surface area contributed by atoms with Gasteiger partial charge >= 0.3 is 5.97 Å². The van der Waals surface area contributed by atoms with Crippen LogP contribution in [0.3, 0.4) is 0 Å². The summed E-state index contributed by atoms with van der Waals surface area (Å²) in [6.45, 7) is 11.2. The van der Waals surface area contributed by atoms with Gasteiger partial charge in [0.2, 0.25) is 5.91 Å². The van der Waals surface area contributed by atoms with Crippen molar-refractivity contribution in [3.8, 4) is 11.1 Å². The van der Waals surface area contributed by atoms with E-state index >= 15 is 4.39 Å². The first-order valence-electron chi connectivity index (χ1n) is 15.8. The summed E-state index contributed by atoms with van der Waals surface area (Å²) in [6.07, 6.45) is 1.64. The number of nitrogens with one attached hydrogen (secondary N) is 2. The molecule has 2 aromatic carbocycles. The highest BCUT2D eigenvalue weighted by Crippen LogP contribution is 2.35. The van der Waals surface area contributed by atoms with Crippen molar-refractivity contribution < 1.29 is 23.9 Å². The largest absolute Gasteiger partial charge is 0.481 e. The third kappa shape index (κ3) is 8.70. The Labute approximate surface area is 275 Å². The van der Waals surface area contributed by atoms with Gasteiger partial charge in [-0.1, -0.05) is 31.5 Å². The fraction of sp³-hybridized carbons (Fsp3) is 0.444. The number of rotatable bonds is 11. The molecule has 3 N–H and O–H groups in total. The van der Waals surface area contributed by atoms with Crippen molar-refractivity contribution in [3.05, 3.63) is 86.9 Å². The number of aryl methyl sites for hydroxylation is 3. The molecule has 10 heteroatoms. The number of pyridine rings is 1. The monoisotopic (exact) mass is 650 g/mol. The standard InChI is InChI=1S/C36H44ClFN4O4/c1-20(2)14-31(41-35(45)29-9-7-8-28(39-29)24-10-12-42(6)13-11-24)36(46)40-30(19-32(43)44)27-18-25(15-23(5)34(27)38)33-21(3)16-26(37)17-22(33)4/h7-9,15-18,20,24,30-31H,10-14,19H2,1-6H3,(H,40,46)(H,41,45)(H,43,44)/t30-,31-/m0/s1. The third-order valence-corrected chi connectivity index (χ3v) is 8.83. The van der Waals surface area contributed by atoms with Crippen LogP contribution in [0, 0.1) is 32.5 Å². The molecule has 4 rings (SSSR count). The molecule has 1 saturated heterocycles. The van der Waals surface area contributed by atoms with Crippen molar-refractivity contribution >= 4 is 29.4 Å². The highest BCUT2D eigenvalue weighted by atomic mass is 35.5. The summed E-state index contributed by atoms with van der Waals surface area (Å²) in [5.41, 5.74) is 4.74. The Morgan fingerprint density at radius 2 is 1.67 bits per heavy atom. The maximum atomic E-state index is 15.7. The zero-order valence-electron chi connectivity index (χ0n) is 27.4. The van der Waals surface area contributed by atoms with Gasteiger partial charge < -0.3 is 20.6 Å². The molecule has 0 spiro atoms. The van der Waals surface area contributed by atoms with E-state index in [1.54, 1.807) is 31.2 Å². The molecule has 1 fully saturated rings. The van der Waals surface area contributed by atoms with Crippen molar-refractivity contribution in [3.63, 3.8) is 0 Å². The fourth-order valence-electron chi connectivity index (χ4n) is 6.29. The molecular formula is C36H44ClFN4O4. The van der Waals surface area contributed by atoms with Crippen molar-refractivity contribution in [2.75, 3.05) is 20.1 Å². The maximum Gasteiger partial charge on any atom is 0.305 e. The van der Waals surface area contributed by atoms with Crippen LogP contribution in [0.4, 0.5) is 4.39 Å². The first-order valence-corrected chi connectivity index (χ1v) is 16.2. The highest BCUT2D eigenvalue weighted by Gasteiger charge is 2.29. The van der Waals surface area contributed by atoms with E-state index in [4.69, 9.17) is 11.6 Å². The molecule has 2 heterocycles. The number of piperidine rings is 1. The Balaban J connectivity index is 1.61. The van der Waals surface area contributed by atoms with Crippen LogP contribution >= 0.6 is 11.6 Å². The number of hydrogen-bond acceptors (Lipinski definition) is 5. The van der Waals surface area contributed by atoms with Gasteiger partial charge in [0.05, 0.1) is 12.5 Å². The number of aliphatic carboxylic acids is 1. The topological polar surface area (TPSA) is 112 Å². The first kappa shape index (κ1) is 35.0. The van der Waals surface area contributed by atoms with Gasteiger partial charge in [-0.2, -0.15) is 0 Å². The van der Waals surface area contributed by atoms with Gasteiger partial charge in [-0.25, -0.2) is 9.37 Å². The van der Waals surface area contributed by atoms with Crippen molar-refractivity contribution in [2.45, 2.75) is 78.3 Å². The van der Waals surface area contributed by atoms with Crippen molar-refractivity contribution in [1.82, 2.24) is 20.5 Å². The van der Waals surface area contributed by atoms with Gasteiger partial charge in [0.25, 0.3) is 5.91 Å². The normalized spacial score (nSPS) is 15.4. The summed E-state index contributed by atoms with van der Waals surface area (Å²) in [5.74, 6) is -2.62. The van der Waals surface area contributed by atoms with Gasteiger partial charge in [-0.15, -0.1) is 0 Å². The molecule has 0 bridgehead atoms. The van der Waals surface area contributed by atoms with Crippen LogP contribution in [0.25, 0.3) is 11.1 Å². The molecule has 246 valence electrons. The van der Waals surface area contributed by atoms with E-state index in [1.165, 1.54) is 0 Å². The predicted molar refractivity (Wildman–Crippen MR) is 179 cm³/mol. The summed E-state index contributed by atoms with van der Waals surface area (Å²) >= 11 is 6.24. The Kier molecular flexibility index (Phi) is 11.6. The van der Waals surface area contributed by atoms with Gasteiger partial charge in [-0.05, 0) is 130 Å². The molecule has 8 nitrogen and oxygen atoms in total. The molecule has 0 unspecified atom stereocenters. The van der Waals surface area contributed by atoms with E-state index in [9.17, 15) is 19.5 Å². The molecule has 46 heavy (non-hydrogen) atoms. The molecule has 0 saturated carbocycles. The number of hydrogen-bond donors (Lipinski definition) is 3. The lowest BCUT2D eigenvalue weighted by Gasteiger charge is -2.28. The van der Waals surface area contributed by atoms with Crippen LogP contribution in [-0.4, -0.2) is 59.0 Å². The number of nitrogens with zero attached hydrogens (tertiary/aromatic N) is 2. The Hall–Kier alpha value is -3.82. The second kappa shape index (κ2) is 15.2. The van der Waals surface area contributed by atoms with Gasteiger partial charge in [0.1, 0.15) is 17.6 Å². The number of carbonyl (C=O) groups excluding carboxylic acids is 2. The summed E-state index contributed by atoms with van der Waals surface area (Å²) in [6, 6.07) is 10.1. The molecule has 1 aromatic heterocycles. The third-order valence-electron chi connectivity index (χ3n) is 8.61. The molecule has 2 amide bonds. The molecular weight excluding hydrogens is 607 g/mol. The zero-order valence-corrected chi connectivity index (χ0v) is 28.2. The van der Waals surface area contributed by atoms with E-state index in [2.05, 4.69) is 27.6 Å². The number of carboxylic acids is 1. The van der Waals surface area contributed by atoms with Crippen LogP contribution in [0.1, 0.15) is 89.9 Å². The van der Waals surface area contributed by atoms with Crippen molar-refractivity contribution in [2.24, 2.45) is 5.92 Å². The van der Waals surface area contributed by atoms with Gasteiger partial charge in [-0.3, -0.25) is 14.4 Å². The minimum atomic E-state index is -1.20. The lowest BCUT2D eigenvalue weighted by molar-refractivity contribution is -0.137. The van der Waals surface area contributed by atoms with E-state index in [-0.39, 0.29) is 29.5 Å². The number of amides is 2. The lowest BCUT2D eigenvalue weighted by atomic mass is 9.90. The van der Waals surface area contributed by atoms with Gasteiger partial charge in [0.15, 0.2) is 0 Å². The minimum absolute atomic E-state index is 0.0191. The van der Waals surface area contributed by atoms with E-state index in [0.717, 1.165) is 48.3 Å². The number of benzene rings is 2. The van der Waals surface area contributed by atoms with Crippen LogP contribution in [-0.2, 0) is 9.59 Å². The zero-order chi connectivity index (χ0) is 33.7. The summed E-state index contributed by atoms with van der Waals surface area (Å²) < 4.78 is 15.7. The number of carbonyl (C=O) groups is 3. The Bertz CT molecular complexity index is 1580. The molecule has 0 radical (unpaired) electrons. The molecule has 0 aliphatic carbocycles. The first-order chi connectivity index (χ1) is 21.7. The summed E-state index contributed by atoms with van der Waals surface area (Å²) in [7, 11) is 2.09. The summed E-state index contributed by atoms with van der Waals surface area (Å²) in [5, 5.41) is 15.9. The second-order valence-corrected chi connectivity index (χ2v) is 13.4. The van der Waals surface area contributed by atoms with Gasteiger partial charge in [0, 0.05) is 22.2 Å². The van der Waals surface area contributed by atoms with Crippen LogP contribution < -0.4 is 10.6 Å². The molecule has 3 aromatic rings. The van der Waals surface area contributed by atoms with Crippen LogP contribution in [0.15, 0.2) is 42.5 Å². The quantitative estimate of drug-likeness (QED) is 0.212. The smallest absolute Gasteiger partial charge is 0.305 e. The molecule has 1 aliphatic rings. The van der Waals surface area contributed by atoms with Crippen LogP contribution in [0.5, 0.6) is 0 Å². The average Bonchev–Trinajstić information content (AvgIpc) is 2.97. The fourth-order valence-corrected chi connectivity index (χ4v) is 6.62. The lowest BCUT2D eigenvalue weighted by Crippen LogP contribution is -2.48. The number of carboxylic acid groups (broad SMARTS) is 1. The van der Waals surface area contributed by atoms with Crippen LogP contribution in [0.2, 0.25) is 5.02 Å². The maximum absolute atomic E-state index is 15.7. The Morgan fingerprint density at radius 3 is 2.28 bits per heavy atom.